The Morgan fingerprint density at radius 1 is 0.842 bits per heavy atom. The first-order valence-electron chi connectivity index (χ1n) is 6.10. The van der Waals surface area contributed by atoms with Crippen molar-refractivity contribution >= 4 is 10.8 Å². The van der Waals surface area contributed by atoms with E-state index in [4.69, 9.17) is 0 Å². The first kappa shape index (κ1) is 13.8. The van der Waals surface area contributed by atoms with Crippen molar-refractivity contribution in [3.63, 3.8) is 0 Å². The molecule has 0 spiro atoms. The molecule has 0 unspecified atom stereocenters. The summed E-state index contributed by atoms with van der Waals surface area (Å²) in [7, 11) is 0. The van der Waals surface area contributed by atoms with Crippen LogP contribution in [-0.4, -0.2) is 11.8 Å². The van der Waals surface area contributed by atoms with Gasteiger partial charge < -0.3 is 0 Å². The van der Waals surface area contributed by atoms with Gasteiger partial charge in [-0.2, -0.15) is 17.6 Å². The molecule has 0 heterocycles. The second-order valence-corrected chi connectivity index (χ2v) is 4.58. The molecule has 19 heavy (non-hydrogen) atoms. The van der Waals surface area contributed by atoms with Crippen molar-refractivity contribution in [2.45, 2.75) is 31.6 Å². The van der Waals surface area contributed by atoms with Gasteiger partial charge in [0.15, 0.2) is 0 Å². The van der Waals surface area contributed by atoms with E-state index in [1.54, 1.807) is 36.4 Å². The molecule has 0 aliphatic heterocycles. The van der Waals surface area contributed by atoms with Crippen molar-refractivity contribution in [1.29, 1.82) is 0 Å². The van der Waals surface area contributed by atoms with Crippen LogP contribution in [-0.2, 0) is 6.42 Å². The topological polar surface area (TPSA) is 0 Å². The van der Waals surface area contributed by atoms with Crippen LogP contribution in [0.25, 0.3) is 10.8 Å². The van der Waals surface area contributed by atoms with E-state index in [1.807, 2.05) is 0 Å². The van der Waals surface area contributed by atoms with Crippen LogP contribution in [0.4, 0.5) is 17.6 Å². The molecular weight excluding hydrogens is 256 g/mol. The van der Waals surface area contributed by atoms with Crippen LogP contribution in [0.5, 0.6) is 0 Å². The van der Waals surface area contributed by atoms with Gasteiger partial charge in [0.25, 0.3) is 0 Å². The summed E-state index contributed by atoms with van der Waals surface area (Å²) in [5.74, 6) is -8.02. The predicted molar refractivity (Wildman–Crippen MR) is 67.8 cm³/mol. The molecule has 0 nitrogen and oxygen atoms in total. The molecule has 102 valence electrons. The summed E-state index contributed by atoms with van der Waals surface area (Å²) in [6, 6.07) is 11.8. The molecule has 0 aliphatic carbocycles. The minimum absolute atomic E-state index is 0.247. The lowest BCUT2D eigenvalue weighted by atomic mass is 9.96. The quantitative estimate of drug-likeness (QED) is 0.681. The van der Waals surface area contributed by atoms with E-state index in [0.29, 0.717) is 5.39 Å². The zero-order valence-corrected chi connectivity index (χ0v) is 10.5. The first-order valence-corrected chi connectivity index (χ1v) is 6.10. The number of hydrogen-bond donors (Lipinski definition) is 0. The molecule has 2 aromatic carbocycles. The highest BCUT2D eigenvalue weighted by Crippen LogP contribution is 2.40. The van der Waals surface area contributed by atoms with E-state index in [2.05, 4.69) is 0 Å². The van der Waals surface area contributed by atoms with Gasteiger partial charge in [-0.15, -0.1) is 0 Å². The fourth-order valence-corrected chi connectivity index (χ4v) is 2.07. The van der Waals surface area contributed by atoms with Crippen LogP contribution in [0.3, 0.4) is 0 Å². The Bertz CT molecular complexity index is 570. The van der Waals surface area contributed by atoms with Gasteiger partial charge in [-0.1, -0.05) is 49.4 Å². The van der Waals surface area contributed by atoms with E-state index in [0.717, 1.165) is 12.3 Å². The van der Waals surface area contributed by atoms with Gasteiger partial charge in [0.2, 0.25) is 0 Å². The first-order chi connectivity index (χ1) is 8.87. The van der Waals surface area contributed by atoms with E-state index in [9.17, 15) is 17.6 Å². The highest BCUT2D eigenvalue weighted by molar-refractivity contribution is 5.85. The number of halogens is 4. The molecule has 0 atom stereocenters. The molecule has 0 aromatic heterocycles. The molecule has 0 saturated heterocycles. The SMILES string of the molecule is CCC(F)(F)C(F)(F)Cc1cccc2ccccc12. The zero-order chi connectivity index (χ0) is 14.1. The average Bonchev–Trinajstić information content (AvgIpc) is 2.38. The smallest absolute Gasteiger partial charge is 0.200 e. The normalized spacial score (nSPS) is 12.9. The number of alkyl halides is 4. The summed E-state index contributed by atoms with van der Waals surface area (Å²) < 4.78 is 53.9. The largest absolute Gasteiger partial charge is 0.314 e. The lowest BCUT2D eigenvalue weighted by Crippen LogP contribution is -2.41. The van der Waals surface area contributed by atoms with Gasteiger partial charge in [0, 0.05) is 12.8 Å². The molecule has 0 aliphatic rings. The third kappa shape index (κ3) is 2.57. The molecule has 0 N–H and O–H groups in total. The van der Waals surface area contributed by atoms with Crippen LogP contribution >= 0.6 is 0 Å². The van der Waals surface area contributed by atoms with E-state index in [1.165, 1.54) is 6.07 Å². The summed E-state index contributed by atoms with van der Waals surface area (Å²) in [6.45, 7) is 1.07. The standard InChI is InChI=1S/C15H14F4/c1-2-14(16,17)15(18,19)10-12-8-5-7-11-6-3-4-9-13(11)12/h3-9H,2,10H2,1H3. The van der Waals surface area contributed by atoms with Gasteiger partial charge in [-0.05, 0) is 16.3 Å². The number of rotatable bonds is 4. The zero-order valence-electron chi connectivity index (χ0n) is 10.5. The molecule has 0 bridgehead atoms. The minimum Gasteiger partial charge on any atom is -0.200 e. The fourth-order valence-electron chi connectivity index (χ4n) is 2.07. The van der Waals surface area contributed by atoms with Gasteiger partial charge in [-0.25, -0.2) is 0 Å². The minimum atomic E-state index is -4.04. The van der Waals surface area contributed by atoms with Crippen molar-refractivity contribution in [2.75, 3.05) is 0 Å². The van der Waals surface area contributed by atoms with Crippen LogP contribution in [0.2, 0.25) is 0 Å². The molecular formula is C15H14F4. The number of fused-ring (bicyclic) bond motifs is 1. The molecule has 2 rings (SSSR count). The van der Waals surface area contributed by atoms with Crippen LogP contribution in [0.15, 0.2) is 42.5 Å². The van der Waals surface area contributed by atoms with Crippen LogP contribution in [0.1, 0.15) is 18.9 Å². The maximum atomic E-state index is 13.7. The molecule has 0 amide bonds. The lowest BCUT2D eigenvalue weighted by molar-refractivity contribution is -0.208. The summed E-state index contributed by atoms with van der Waals surface area (Å²) in [4.78, 5) is 0. The maximum absolute atomic E-state index is 13.7. The Hall–Kier alpha value is -1.58. The Kier molecular flexibility index (Phi) is 3.52. The summed E-state index contributed by atoms with van der Waals surface area (Å²) in [5.41, 5.74) is 0.247. The van der Waals surface area contributed by atoms with Gasteiger partial charge >= 0.3 is 11.8 Å². The molecule has 2 aromatic rings. The third-order valence-electron chi connectivity index (χ3n) is 3.27. The van der Waals surface area contributed by atoms with Crippen molar-refractivity contribution in [2.24, 2.45) is 0 Å². The summed E-state index contributed by atoms with van der Waals surface area (Å²) >= 11 is 0. The second-order valence-electron chi connectivity index (χ2n) is 4.58. The summed E-state index contributed by atoms with van der Waals surface area (Å²) in [5, 5.41) is 1.37. The highest BCUT2D eigenvalue weighted by Gasteiger charge is 2.54. The van der Waals surface area contributed by atoms with Gasteiger partial charge in [-0.3, -0.25) is 0 Å². The predicted octanol–water partition coefficient (Wildman–Crippen LogP) is 5.06. The fraction of sp³-hybridized carbons (Fsp3) is 0.333. The van der Waals surface area contributed by atoms with Crippen LogP contribution in [0, 0.1) is 0 Å². The second kappa shape index (κ2) is 4.83. The summed E-state index contributed by atoms with van der Waals surface area (Å²) in [6.07, 6.45) is -1.82. The Morgan fingerprint density at radius 2 is 1.47 bits per heavy atom. The number of benzene rings is 2. The van der Waals surface area contributed by atoms with E-state index >= 15 is 0 Å². The maximum Gasteiger partial charge on any atom is 0.314 e. The lowest BCUT2D eigenvalue weighted by Gasteiger charge is -2.26. The number of hydrogen-bond acceptors (Lipinski definition) is 0. The van der Waals surface area contributed by atoms with Crippen molar-refractivity contribution in [3.05, 3.63) is 48.0 Å². The molecule has 0 radical (unpaired) electrons. The molecule has 0 fully saturated rings. The van der Waals surface area contributed by atoms with E-state index < -0.39 is 24.7 Å². The third-order valence-corrected chi connectivity index (χ3v) is 3.27. The molecule has 0 saturated carbocycles. The van der Waals surface area contributed by atoms with Crippen molar-refractivity contribution < 1.29 is 17.6 Å². The Labute approximate surface area is 109 Å². The monoisotopic (exact) mass is 270 g/mol. The highest BCUT2D eigenvalue weighted by atomic mass is 19.3. The van der Waals surface area contributed by atoms with Crippen molar-refractivity contribution in [3.8, 4) is 0 Å². The van der Waals surface area contributed by atoms with Gasteiger partial charge in [0.05, 0.1) is 0 Å². The van der Waals surface area contributed by atoms with Crippen molar-refractivity contribution in [1.82, 2.24) is 0 Å². The van der Waals surface area contributed by atoms with Gasteiger partial charge in [0.1, 0.15) is 0 Å². The Morgan fingerprint density at radius 3 is 2.16 bits per heavy atom. The van der Waals surface area contributed by atoms with Crippen LogP contribution < -0.4 is 0 Å². The Balaban J connectivity index is 2.42. The van der Waals surface area contributed by atoms with E-state index in [-0.39, 0.29) is 5.56 Å². The molecule has 4 heteroatoms. The average molecular weight is 270 g/mol.